The Labute approximate surface area is 148 Å². The van der Waals surface area contributed by atoms with Crippen LogP contribution in [-0.4, -0.2) is 59.2 Å². The molecule has 0 amide bonds. The minimum Gasteiger partial charge on any atom is -0.219 e. The molecule has 0 N–H and O–H groups in total. The van der Waals surface area contributed by atoms with Crippen molar-refractivity contribution in [2.45, 2.75) is 59.2 Å². The molecule has 180 valence electrons. The van der Waals surface area contributed by atoms with Gasteiger partial charge in [-0.1, -0.05) is 0 Å². The van der Waals surface area contributed by atoms with Gasteiger partial charge in [0, 0.05) is 0 Å². The van der Waals surface area contributed by atoms with Gasteiger partial charge in [-0.3, -0.25) is 0 Å². The average Bonchev–Trinajstić information content (AvgIpc) is 2.48. The van der Waals surface area contributed by atoms with Gasteiger partial charge in [-0.25, -0.2) is 8.78 Å². The molecule has 0 aromatic rings. The van der Waals surface area contributed by atoms with Gasteiger partial charge in [0.2, 0.25) is 0 Å². The summed E-state index contributed by atoms with van der Waals surface area (Å²) in [7, 11) is 0. The van der Waals surface area contributed by atoms with Crippen LogP contribution in [0.2, 0.25) is 0 Å². The molecule has 0 spiro atoms. The fourth-order valence-electron chi connectivity index (χ4n) is 2.37. The smallest absolute Gasteiger partial charge is 0.219 e. The Morgan fingerprint density at radius 2 is 0.400 bits per heavy atom. The van der Waals surface area contributed by atoms with E-state index in [9.17, 15) is 87.8 Å². The highest BCUT2D eigenvalue weighted by atomic mass is 19.4. The fourth-order valence-corrected chi connectivity index (χ4v) is 2.37. The molecule has 0 unspecified atom stereocenters. The van der Waals surface area contributed by atoms with Gasteiger partial charge >= 0.3 is 59.2 Å². The van der Waals surface area contributed by atoms with Crippen molar-refractivity contribution in [3.05, 3.63) is 0 Å². The molecule has 0 aromatic carbocycles. The molecule has 0 nitrogen and oxygen atoms in total. The first-order valence-electron chi connectivity index (χ1n) is 6.28. The first-order valence-corrected chi connectivity index (χ1v) is 6.28. The van der Waals surface area contributed by atoms with Gasteiger partial charge in [-0.05, 0) is 0 Å². The summed E-state index contributed by atoms with van der Waals surface area (Å²) in [5, 5.41) is 0. The Morgan fingerprint density at radius 3 is 0.500 bits per heavy atom. The molecule has 30 heavy (non-hydrogen) atoms. The Balaban J connectivity index is 4.48. The van der Waals surface area contributed by atoms with Crippen molar-refractivity contribution in [1.82, 2.24) is 0 Å². The second-order valence-electron chi connectivity index (χ2n) is 5.76. The summed E-state index contributed by atoms with van der Waals surface area (Å²) in [5.41, 5.74) is -18.1. The van der Waals surface area contributed by atoms with Crippen LogP contribution in [0.5, 0.6) is 0 Å². The maximum Gasteiger partial charge on any atom is 0.435 e. The predicted octanol–water partition coefficient (Wildman–Crippen LogP) is 6.35. The van der Waals surface area contributed by atoms with E-state index in [0.717, 1.165) is 0 Å². The van der Waals surface area contributed by atoms with Crippen LogP contribution < -0.4 is 0 Å². The van der Waals surface area contributed by atoms with Gasteiger partial charge in [0.05, 0.1) is 0 Å². The highest BCUT2D eigenvalue weighted by Crippen LogP contribution is 2.74. The van der Waals surface area contributed by atoms with E-state index in [1.54, 1.807) is 0 Å². The zero-order valence-corrected chi connectivity index (χ0v) is 12.6. The van der Waals surface area contributed by atoms with Crippen LogP contribution in [0.4, 0.5) is 87.8 Å². The molecule has 0 radical (unpaired) electrons. The van der Waals surface area contributed by atoms with Crippen LogP contribution in [0, 0.1) is 0 Å². The Hall–Kier alpha value is -1.40. The molecule has 1 aliphatic carbocycles. The van der Waals surface area contributed by atoms with Gasteiger partial charge in [-0.2, -0.15) is 79.0 Å². The normalized spacial score (nSPS) is 37.2. The Bertz CT molecular complexity index is 593. The molecule has 1 aliphatic rings. The second-order valence-corrected chi connectivity index (χ2v) is 5.76. The summed E-state index contributed by atoms with van der Waals surface area (Å²) >= 11 is 0. The van der Waals surface area contributed by atoms with Crippen molar-refractivity contribution >= 4 is 0 Å². The lowest BCUT2D eigenvalue weighted by Gasteiger charge is -2.53. The van der Waals surface area contributed by atoms with Crippen molar-refractivity contribution < 1.29 is 87.8 Å². The third-order valence-electron chi connectivity index (χ3n) is 4.09. The lowest BCUT2D eigenvalue weighted by atomic mass is 9.69. The zero-order chi connectivity index (χ0) is 25.0. The number of alkyl halides is 20. The monoisotopic (exact) mass is 500 g/mol. The number of hydrogen-bond acceptors (Lipinski definition) is 0. The number of halogens is 20. The third-order valence-corrected chi connectivity index (χ3v) is 4.09. The minimum absolute atomic E-state index is 8.53. The van der Waals surface area contributed by atoms with Gasteiger partial charge < -0.3 is 0 Å². The van der Waals surface area contributed by atoms with E-state index >= 15 is 0 Å². The van der Waals surface area contributed by atoms with E-state index in [1.807, 2.05) is 0 Å². The summed E-state index contributed by atoms with van der Waals surface area (Å²) in [6.45, 7) is 0. The van der Waals surface area contributed by atoms with Gasteiger partial charge in [-0.15, -0.1) is 0 Å². The predicted molar refractivity (Wildman–Crippen MR) is 49.5 cm³/mol. The third kappa shape index (κ3) is 2.22. The van der Waals surface area contributed by atoms with E-state index in [-0.39, 0.29) is 0 Å². The lowest BCUT2D eigenvalue weighted by molar-refractivity contribution is -0.519. The van der Waals surface area contributed by atoms with E-state index in [0.29, 0.717) is 0 Å². The molecule has 1 rings (SSSR count). The topological polar surface area (TPSA) is 0 Å². The maximum absolute atomic E-state index is 13.6. The van der Waals surface area contributed by atoms with Crippen molar-refractivity contribution in [2.24, 2.45) is 0 Å². The average molecular weight is 500 g/mol. The fraction of sp³-hybridized carbons (Fsp3) is 1.00. The van der Waals surface area contributed by atoms with E-state index in [4.69, 9.17) is 0 Å². The molecule has 1 fully saturated rings. The highest BCUT2D eigenvalue weighted by molar-refractivity contribution is 5.31. The van der Waals surface area contributed by atoms with Crippen LogP contribution in [0.1, 0.15) is 0 Å². The van der Waals surface area contributed by atoms with Crippen molar-refractivity contribution in [1.29, 1.82) is 0 Å². The molecule has 0 heterocycles. The van der Waals surface area contributed by atoms with Gasteiger partial charge in [0.15, 0.2) is 0 Å². The van der Waals surface area contributed by atoms with E-state index < -0.39 is 59.2 Å². The second kappa shape index (κ2) is 5.69. The standard InChI is InChI=1S/C10F20/c11-1(9(25,26)27)3(13,14)7(21,22)5(17,18)2(12,10(28,29)30)6(19,20)8(23,24)4(1,15)16. The van der Waals surface area contributed by atoms with Crippen molar-refractivity contribution in [3.63, 3.8) is 0 Å². The molecular weight excluding hydrogens is 500 g/mol. The largest absolute Gasteiger partial charge is 0.435 e. The van der Waals surface area contributed by atoms with Crippen LogP contribution in [0.3, 0.4) is 0 Å². The van der Waals surface area contributed by atoms with Crippen molar-refractivity contribution in [3.8, 4) is 0 Å². The van der Waals surface area contributed by atoms with E-state index in [2.05, 4.69) is 0 Å². The Morgan fingerprint density at radius 1 is 0.267 bits per heavy atom. The summed E-state index contributed by atoms with van der Waals surface area (Å²) in [4.78, 5) is 0. The van der Waals surface area contributed by atoms with Gasteiger partial charge in [0.1, 0.15) is 0 Å². The first kappa shape index (κ1) is 26.6. The summed E-state index contributed by atoms with van der Waals surface area (Å²) in [6.07, 6.45) is -17.1. The quantitative estimate of drug-likeness (QED) is 0.340. The molecular formula is C10F20. The summed E-state index contributed by atoms with van der Waals surface area (Å²) < 4.78 is 262. The molecule has 0 aliphatic heterocycles. The van der Waals surface area contributed by atoms with E-state index in [1.165, 1.54) is 0 Å². The minimum atomic E-state index is -9.08. The lowest BCUT2D eigenvalue weighted by Crippen LogP contribution is -2.88. The molecule has 1 saturated carbocycles. The molecule has 0 saturated heterocycles. The Kier molecular flexibility index (Phi) is 5.05. The number of rotatable bonds is 0. The number of hydrogen-bond donors (Lipinski definition) is 0. The van der Waals surface area contributed by atoms with Crippen LogP contribution >= 0.6 is 0 Å². The molecule has 0 aromatic heterocycles. The molecule has 0 atom stereocenters. The van der Waals surface area contributed by atoms with Gasteiger partial charge in [0.25, 0.3) is 0 Å². The summed E-state index contributed by atoms with van der Waals surface area (Å²) in [6, 6.07) is 0. The molecule has 0 bridgehead atoms. The summed E-state index contributed by atoms with van der Waals surface area (Å²) in [5.74, 6) is -54.4. The zero-order valence-electron chi connectivity index (χ0n) is 12.6. The maximum atomic E-state index is 13.6. The highest BCUT2D eigenvalue weighted by Gasteiger charge is 3.07. The molecule has 20 heteroatoms. The SMILES string of the molecule is FC(F)(F)C1(F)C(F)(F)C(F)(F)C(F)(F)C(F)(C(F)(F)F)C(F)(F)C(F)(F)C1(F)F. The first-order chi connectivity index (χ1) is 12.5. The van der Waals surface area contributed by atoms with Crippen LogP contribution in [0.25, 0.3) is 0 Å². The van der Waals surface area contributed by atoms with Crippen LogP contribution in [0.15, 0.2) is 0 Å². The van der Waals surface area contributed by atoms with Crippen LogP contribution in [-0.2, 0) is 0 Å². The van der Waals surface area contributed by atoms with Crippen molar-refractivity contribution in [2.75, 3.05) is 0 Å².